The summed E-state index contributed by atoms with van der Waals surface area (Å²) in [6, 6.07) is 16.1. The monoisotopic (exact) mass is 358 g/mol. The second kappa shape index (κ2) is 5.82. The molecule has 0 N–H and O–H groups in total. The van der Waals surface area contributed by atoms with Gasteiger partial charge in [0.1, 0.15) is 0 Å². The van der Waals surface area contributed by atoms with E-state index in [9.17, 15) is 0 Å². The lowest BCUT2D eigenvalue weighted by Gasteiger charge is -2.32. The molecule has 1 heteroatoms. The summed E-state index contributed by atoms with van der Waals surface area (Å²) in [5, 5.41) is 1.65. The van der Waals surface area contributed by atoms with Crippen LogP contribution in [0.25, 0.3) is 11.6 Å². The van der Waals surface area contributed by atoms with E-state index in [0.29, 0.717) is 5.54 Å². The highest BCUT2D eigenvalue weighted by molar-refractivity contribution is 6.91. The third-order valence-electron chi connectivity index (χ3n) is 6.27. The molecule has 4 rings (SSSR count). The number of benzene rings is 2. The van der Waals surface area contributed by atoms with E-state index >= 15 is 0 Å². The number of allylic oxidation sites excluding steroid dienone is 3. The molecule has 0 fully saturated rings. The smallest absolute Gasteiger partial charge is 0.0750 e. The third-order valence-corrected chi connectivity index (χ3v) is 10.2. The summed E-state index contributed by atoms with van der Waals surface area (Å²) in [4.78, 5) is 0. The van der Waals surface area contributed by atoms with Gasteiger partial charge < -0.3 is 0 Å². The van der Waals surface area contributed by atoms with E-state index < -0.39 is 8.07 Å². The lowest BCUT2D eigenvalue weighted by molar-refractivity contribution is 0.567. The Morgan fingerprint density at radius 3 is 2.42 bits per heavy atom. The Hall–Kier alpha value is -1.86. The van der Waals surface area contributed by atoms with Crippen LogP contribution in [0, 0.1) is 5.41 Å². The summed E-state index contributed by atoms with van der Waals surface area (Å²) in [5.74, 6) is 0. The van der Waals surface area contributed by atoms with Crippen LogP contribution < -0.4 is 5.19 Å². The highest BCUT2D eigenvalue weighted by Gasteiger charge is 2.41. The topological polar surface area (TPSA) is 0 Å². The molecule has 0 spiro atoms. The molecule has 0 aromatic heterocycles. The fourth-order valence-electron chi connectivity index (χ4n) is 4.91. The Morgan fingerprint density at radius 1 is 0.962 bits per heavy atom. The maximum atomic E-state index is 2.62. The average molecular weight is 359 g/mol. The van der Waals surface area contributed by atoms with Crippen LogP contribution >= 0.6 is 0 Å². The number of fused-ring (bicyclic) bond motifs is 2. The van der Waals surface area contributed by atoms with Gasteiger partial charge in [-0.05, 0) is 46.6 Å². The van der Waals surface area contributed by atoms with Gasteiger partial charge in [0.05, 0.1) is 8.07 Å². The van der Waals surface area contributed by atoms with Crippen molar-refractivity contribution in [1.82, 2.24) is 0 Å². The van der Waals surface area contributed by atoms with Crippen LogP contribution in [0.15, 0.2) is 54.1 Å². The quantitative estimate of drug-likeness (QED) is 0.550. The van der Waals surface area contributed by atoms with E-state index in [-0.39, 0.29) is 5.41 Å². The molecule has 0 radical (unpaired) electrons. The molecule has 134 valence electrons. The summed E-state index contributed by atoms with van der Waals surface area (Å²) < 4.78 is 0. The summed E-state index contributed by atoms with van der Waals surface area (Å²) in [5.41, 5.74) is 9.84. The van der Waals surface area contributed by atoms with Crippen molar-refractivity contribution in [3.05, 3.63) is 76.4 Å². The van der Waals surface area contributed by atoms with Gasteiger partial charge in [-0.2, -0.15) is 0 Å². The predicted octanol–water partition coefficient (Wildman–Crippen LogP) is 6.33. The zero-order valence-corrected chi connectivity index (χ0v) is 18.0. The normalized spacial score (nSPS) is 19.1. The van der Waals surface area contributed by atoms with Crippen LogP contribution in [0.2, 0.25) is 13.1 Å². The lowest BCUT2D eigenvalue weighted by Crippen LogP contribution is -2.48. The van der Waals surface area contributed by atoms with E-state index in [0.717, 1.165) is 6.42 Å². The number of hydrogen-bond acceptors (Lipinski definition) is 0. The van der Waals surface area contributed by atoms with Gasteiger partial charge >= 0.3 is 0 Å². The minimum Gasteiger partial charge on any atom is -0.0750 e. The molecular weight excluding hydrogens is 328 g/mol. The van der Waals surface area contributed by atoms with Crippen LogP contribution in [0.1, 0.15) is 55.5 Å². The molecule has 0 aliphatic heterocycles. The van der Waals surface area contributed by atoms with Gasteiger partial charge in [0, 0.05) is 5.54 Å². The van der Waals surface area contributed by atoms with Crippen molar-refractivity contribution < 1.29 is 0 Å². The molecular formula is C25H30Si. The third kappa shape index (κ3) is 2.65. The molecule has 0 amide bonds. The molecule has 1 unspecified atom stereocenters. The molecule has 0 saturated carbocycles. The number of hydrogen-bond donors (Lipinski definition) is 0. The van der Waals surface area contributed by atoms with Crippen LogP contribution in [0.3, 0.4) is 0 Å². The molecule has 0 bridgehead atoms. The summed E-state index contributed by atoms with van der Waals surface area (Å²) >= 11 is 0. The fourth-order valence-corrected chi connectivity index (χ4v) is 8.40. The average Bonchev–Trinajstić information content (AvgIpc) is 3.13. The largest absolute Gasteiger partial charge is 0.0923 e. The SMILES string of the molecule is CC1=Cc2cccc([Si](C)(C)C3C=C(C(C)(C)C)c4ccccc43)c2C1. The van der Waals surface area contributed by atoms with Crippen molar-refractivity contribution in [3.8, 4) is 0 Å². The Bertz CT molecular complexity index is 935. The van der Waals surface area contributed by atoms with E-state index in [2.05, 4.69) is 95.4 Å². The van der Waals surface area contributed by atoms with Crippen molar-refractivity contribution in [2.45, 2.75) is 52.8 Å². The van der Waals surface area contributed by atoms with E-state index in [1.165, 1.54) is 22.3 Å². The van der Waals surface area contributed by atoms with Crippen molar-refractivity contribution in [1.29, 1.82) is 0 Å². The minimum atomic E-state index is -1.71. The highest BCUT2D eigenvalue weighted by Crippen LogP contribution is 2.48. The van der Waals surface area contributed by atoms with Gasteiger partial charge in [0.2, 0.25) is 0 Å². The molecule has 0 saturated heterocycles. The van der Waals surface area contributed by atoms with Gasteiger partial charge in [0.15, 0.2) is 0 Å². The first-order valence-corrected chi connectivity index (χ1v) is 12.9. The second-order valence-electron chi connectivity index (χ2n) is 9.66. The Morgan fingerprint density at radius 2 is 1.69 bits per heavy atom. The van der Waals surface area contributed by atoms with Gasteiger partial charge in [-0.3, -0.25) is 0 Å². The van der Waals surface area contributed by atoms with Crippen LogP contribution in [-0.2, 0) is 6.42 Å². The summed E-state index contributed by atoms with van der Waals surface area (Å²) in [7, 11) is -1.71. The number of rotatable bonds is 2. The van der Waals surface area contributed by atoms with Gasteiger partial charge in [-0.15, -0.1) is 0 Å². The van der Waals surface area contributed by atoms with E-state index in [1.54, 1.807) is 16.3 Å². The zero-order valence-electron chi connectivity index (χ0n) is 17.0. The van der Waals surface area contributed by atoms with Crippen molar-refractivity contribution in [3.63, 3.8) is 0 Å². The zero-order chi connectivity index (χ0) is 18.7. The first-order valence-electron chi connectivity index (χ1n) is 9.81. The second-order valence-corrected chi connectivity index (χ2v) is 14.3. The molecule has 2 aliphatic rings. The predicted molar refractivity (Wildman–Crippen MR) is 118 cm³/mol. The molecule has 2 aromatic rings. The first-order chi connectivity index (χ1) is 12.2. The van der Waals surface area contributed by atoms with Gasteiger partial charge in [0.25, 0.3) is 0 Å². The Labute approximate surface area is 159 Å². The van der Waals surface area contributed by atoms with Crippen LogP contribution in [0.5, 0.6) is 0 Å². The lowest BCUT2D eigenvalue weighted by atomic mass is 9.83. The van der Waals surface area contributed by atoms with Gasteiger partial charge in [-0.1, -0.05) is 99.2 Å². The molecule has 0 heterocycles. The van der Waals surface area contributed by atoms with E-state index in [1.807, 2.05) is 0 Å². The first kappa shape index (κ1) is 17.5. The minimum absolute atomic E-state index is 0.187. The molecule has 26 heavy (non-hydrogen) atoms. The fraction of sp³-hybridized carbons (Fsp3) is 0.360. The maximum absolute atomic E-state index is 2.62. The Balaban J connectivity index is 1.86. The standard InChI is InChI=1S/C25H30Si/c1-17-14-18-10-9-13-23(21(18)15-17)26(5,6)24-16-22(25(2,3)4)19-11-7-8-12-20(19)24/h7-14,16,24H,15H2,1-6H3. The molecule has 2 aromatic carbocycles. The van der Waals surface area contributed by atoms with Crippen molar-refractivity contribution in [2.75, 3.05) is 0 Å². The highest BCUT2D eigenvalue weighted by atomic mass is 28.3. The van der Waals surface area contributed by atoms with Crippen molar-refractivity contribution >= 4 is 24.9 Å². The van der Waals surface area contributed by atoms with Crippen LogP contribution in [-0.4, -0.2) is 8.07 Å². The Kier molecular flexibility index (Phi) is 3.93. The molecule has 1 atom stereocenters. The summed E-state index contributed by atoms with van der Waals surface area (Å²) in [6.45, 7) is 14.4. The summed E-state index contributed by atoms with van der Waals surface area (Å²) in [6.07, 6.45) is 6.12. The molecule has 0 nitrogen and oxygen atoms in total. The maximum Gasteiger partial charge on any atom is 0.0923 e. The van der Waals surface area contributed by atoms with Crippen LogP contribution in [0.4, 0.5) is 0 Å². The molecule has 2 aliphatic carbocycles. The van der Waals surface area contributed by atoms with Crippen molar-refractivity contribution in [2.24, 2.45) is 5.41 Å². The van der Waals surface area contributed by atoms with E-state index in [4.69, 9.17) is 0 Å². The van der Waals surface area contributed by atoms with Gasteiger partial charge in [-0.25, -0.2) is 0 Å².